The van der Waals surface area contributed by atoms with Gasteiger partial charge in [0, 0.05) is 18.5 Å². The van der Waals surface area contributed by atoms with Crippen LogP contribution in [0.3, 0.4) is 0 Å². The summed E-state index contributed by atoms with van der Waals surface area (Å²) < 4.78 is 1.36. The molecule has 0 saturated heterocycles. The number of hydrogen-bond donors (Lipinski definition) is 1. The fraction of sp³-hybridized carbons (Fsp3) is 0.100. The van der Waals surface area contributed by atoms with Crippen molar-refractivity contribution in [3.8, 4) is 0 Å². The molecule has 0 amide bonds. The molecule has 0 radical (unpaired) electrons. The quantitative estimate of drug-likeness (QED) is 0.586. The van der Waals surface area contributed by atoms with E-state index in [9.17, 15) is 4.79 Å². The molecule has 5 nitrogen and oxygen atoms in total. The Balaban J connectivity index is 2.65. The molecule has 3 aromatic rings. The van der Waals surface area contributed by atoms with Gasteiger partial charge in [0.1, 0.15) is 5.65 Å². The summed E-state index contributed by atoms with van der Waals surface area (Å²) in [5, 5.41) is 4.66. The van der Waals surface area contributed by atoms with Crippen LogP contribution in [0.4, 0.5) is 0 Å². The van der Waals surface area contributed by atoms with Gasteiger partial charge in [-0.25, -0.2) is 0 Å². The van der Waals surface area contributed by atoms with Crippen molar-refractivity contribution < 1.29 is 0 Å². The highest BCUT2D eigenvalue weighted by Gasteiger charge is 2.05. The lowest BCUT2D eigenvalue weighted by atomic mass is 10.3. The van der Waals surface area contributed by atoms with Gasteiger partial charge in [-0.3, -0.25) is 9.78 Å². The zero-order valence-corrected chi connectivity index (χ0v) is 8.06. The predicted octanol–water partition coefficient (Wildman–Crippen LogP) is 0.879. The average Bonchev–Trinajstić information content (AvgIpc) is 2.59. The molecule has 5 heteroatoms. The standard InChI is InChI=1S/C10H8N4O/c1-6-4-9-12-8-2-3-11-5-7(8)10(15)14(9)13-6/h2-5,12H,1H3. The molecule has 0 aliphatic rings. The van der Waals surface area contributed by atoms with Gasteiger partial charge in [-0.15, -0.1) is 0 Å². The van der Waals surface area contributed by atoms with Crippen LogP contribution in [0.2, 0.25) is 0 Å². The van der Waals surface area contributed by atoms with E-state index in [2.05, 4.69) is 15.1 Å². The van der Waals surface area contributed by atoms with E-state index in [4.69, 9.17) is 0 Å². The van der Waals surface area contributed by atoms with Crippen LogP contribution >= 0.6 is 0 Å². The largest absolute Gasteiger partial charge is 0.339 e. The Hall–Kier alpha value is -2.17. The number of rotatable bonds is 0. The number of pyridine rings is 1. The molecular weight excluding hydrogens is 192 g/mol. The topological polar surface area (TPSA) is 63.0 Å². The molecule has 3 heterocycles. The summed E-state index contributed by atoms with van der Waals surface area (Å²) in [5.74, 6) is 0. The summed E-state index contributed by atoms with van der Waals surface area (Å²) in [6, 6.07) is 3.61. The summed E-state index contributed by atoms with van der Waals surface area (Å²) in [7, 11) is 0. The molecule has 74 valence electrons. The van der Waals surface area contributed by atoms with E-state index in [1.165, 1.54) is 4.52 Å². The second-order valence-electron chi connectivity index (χ2n) is 3.43. The Labute approximate surface area is 84.4 Å². The molecule has 0 atom stereocenters. The highest BCUT2D eigenvalue weighted by atomic mass is 16.1. The first-order chi connectivity index (χ1) is 7.25. The van der Waals surface area contributed by atoms with Gasteiger partial charge in [0.25, 0.3) is 5.56 Å². The van der Waals surface area contributed by atoms with E-state index in [1.54, 1.807) is 18.5 Å². The van der Waals surface area contributed by atoms with Crippen molar-refractivity contribution in [2.24, 2.45) is 0 Å². The summed E-state index contributed by atoms with van der Waals surface area (Å²) in [5.41, 5.74) is 2.16. The minimum Gasteiger partial charge on any atom is -0.339 e. The Kier molecular flexibility index (Phi) is 1.45. The molecule has 0 unspecified atom stereocenters. The third-order valence-corrected chi connectivity index (χ3v) is 2.34. The first kappa shape index (κ1) is 8.16. The minimum absolute atomic E-state index is 0.139. The Morgan fingerprint density at radius 3 is 3.20 bits per heavy atom. The maximum Gasteiger partial charge on any atom is 0.283 e. The first-order valence-electron chi connectivity index (χ1n) is 4.58. The monoisotopic (exact) mass is 200 g/mol. The fourth-order valence-corrected chi connectivity index (χ4v) is 1.67. The lowest BCUT2D eigenvalue weighted by Gasteiger charge is -1.97. The third kappa shape index (κ3) is 1.06. The van der Waals surface area contributed by atoms with Crippen molar-refractivity contribution in [2.75, 3.05) is 0 Å². The van der Waals surface area contributed by atoms with Gasteiger partial charge in [0.05, 0.1) is 16.6 Å². The van der Waals surface area contributed by atoms with Crippen molar-refractivity contribution in [3.63, 3.8) is 0 Å². The summed E-state index contributed by atoms with van der Waals surface area (Å²) in [6.07, 6.45) is 3.20. The highest BCUT2D eigenvalue weighted by molar-refractivity contribution is 5.78. The van der Waals surface area contributed by atoms with E-state index in [1.807, 2.05) is 13.0 Å². The van der Waals surface area contributed by atoms with Crippen LogP contribution < -0.4 is 5.56 Å². The lowest BCUT2D eigenvalue weighted by Crippen LogP contribution is -2.15. The average molecular weight is 200 g/mol. The molecule has 15 heavy (non-hydrogen) atoms. The van der Waals surface area contributed by atoms with Crippen LogP contribution in [0, 0.1) is 6.92 Å². The molecule has 0 aliphatic carbocycles. The molecule has 0 saturated carbocycles. The minimum atomic E-state index is -0.139. The van der Waals surface area contributed by atoms with Crippen LogP contribution in [0.25, 0.3) is 16.6 Å². The van der Waals surface area contributed by atoms with E-state index in [0.717, 1.165) is 11.2 Å². The van der Waals surface area contributed by atoms with Crippen molar-refractivity contribution in [1.82, 2.24) is 19.6 Å². The second kappa shape index (κ2) is 2.66. The van der Waals surface area contributed by atoms with Gasteiger partial charge in [-0.2, -0.15) is 9.61 Å². The number of nitrogens with zero attached hydrogens (tertiary/aromatic N) is 3. The van der Waals surface area contributed by atoms with Crippen LogP contribution in [0.5, 0.6) is 0 Å². The molecule has 3 aromatic heterocycles. The zero-order valence-electron chi connectivity index (χ0n) is 8.06. The number of fused-ring (bicyclic) bond motifs is 2. The summed E-state index contributed by atoms with van der Waals surface area (Å²) in [6.45, 7) is 1.85. The van der Waals surface area contributed by atoms with Gasteiger partial charge in [-0.05, 0) is 13.0 Å². The van der Waals surface area contributed by atoms with Crippen molar-refractivity contribution in [3.05, 3.63) is 40.6 Å². The van der Waals surface area contributed by atoms with E-state index in [-0.39, 0.29) is 5.56 Å². The predicted molar refractivity (Wildman–Crippen MR) is 55.9 cm³/mol. The number of aryl methyl sites for hydroxylation is 1. The van der Waals surface area contributed by atoms with Gasteiger partial charge in [0.15, 0.2) is 0 Å². The van der Waals surface area contributed by atoms with Crippen molar-refractivity contribution in [1.29, 1.82) is 0 Å². The maximum absolute atomic E-state index is 11.9. The number of aromatic nitrogens is 4. The Bertz CT molecular complexity index is 710. The zero-order chi connectivity index (χ0) is 10.4. The van der Waals surface area contributed by atoms with Gasteiger partial charge < -0.3 is 4.98 Å². The van der Waals surface area contributed by atoms with Crippen LogP contribution in [0.15, 0.2) is 29.3 Å². The maximum atomic E-state index is 11.9. The fourth-order valence-electron chi connectivity index (χ4n) is 1.67. The Morgan fingerprint density at radius 2 is 2.33 bits per heavy atom. The number of H-pyrrole nitrogens is 1. The van der Waals surface area contributed by atoms with E-state index in [0.29, 0.717) is 11.0 Å². The molecule has 0 aliphatic heterocycles. The Morgan fingerprint density at radius 1 is 1.47 bits per heavy atom. The van der Waals surface area contributed by atoms with Crippen molar-refractivity contribution in [2.45, 2.75) is 6.92 Å². The molecular formula is C10H8N4O. The summed E-state index contributed by atoms with van der Waals surface area (Å²) in [4.78, 5) is 19.0. The van der Waals surface area contributed by atoms with Gasteiger partial charge in [-0.1, -0.05) is 0 Å². The van der Waals surface area contributed by atoms with E-state index >= 15 is 0 Å². The normalized spacial score (nSPS) is 11.3. The number of hydrogen-bond acceptors (Lipinski definition) is 3. The molecule has 0 spiro atoms. The summed E-state index contributed by atoms with van der Waals surface area (Å²) >= 11 is 0. The van der Waals surface area contributed by atoms with Crippen LogP contribution in [-0.2, 0) is 0 Å². The smallest absolute Gasteiger partial charge is 0.283 e. The number of nitrogens with one attached hydrogen (secondary N) is 1. The number of aromatic amines is 1. The second-order valence-corrected chi connectivity index (χ2v) is 3.43. The SMILES string of the molecule is Cc1cc2[nH]c3ccncc3c(=O)n2n1. The van der Waals surface area contributed by atoms with E-state index < -0.39 is 0 Å². The molecule has 0 aromatic carbocycles. The molecule has 3 rings (SSSR count). The third-order valence-electron chi connectivity index (χ3n) is 2.34. The van der Waals surface area contributed by atoms with Gasteiger partial charge in [0.2, 0.25) is 0 Å². The molecule has 0 fully saturated rings. The molecule has 1 N–H and O–H groups in total. The molecule has 0 bridgehead atoms. The highest BCUT2D eigenvalue weighted by Crippen LogP contribution is 2.07. The first-order valence-corrected chi connectivity index (χ1v) is 4.58. The van der Waals surface area contributed by atoms with Crippen molar-refractivity contribution >= 4 is 16.6 Å². The van der Waals surface area contributed by atoms with Gasteiger partial charge >= 0.3 is 0 Å². The van der Waals surface area contributed by atoms with Crippen LogP contribution in [0.1, 0.15) is 5.69 Å². The lowest BCUT2D eigenvalue weighted by molar-refractivity contribution is 0.894. The van der Waals surface area contributed by atoms with Crippen LogP contribution in [-0.4, -0.2) is 19.6 Å².